The number of para-hydroxylation sites is 1. The highest BCUT2D eigenvalue weighted by molar-refractivity contribution is 5.95. The molecular formula is C68H53N. The van der Waals surface area contributed by atoms with Crippen molar-refractivity contribution in [1.82, 2.24) is 0 Å². The maximum atomic E-state index is 2.54. The van der Waals surface area contributed by atoms with Crippen LogP contribution in [0.3, 0.4) is 0 Å². The molecule has 0 aliphatic heterocycles. The highest BCUT2D eigenvalue weighted by Crippen LogP contribution is 2.58. The number of anilines is 3. The molecule has 0 aromatic heterocycles. The molecule has 0 bridgehead atoms. The highest BCUT2D eigenvalue weighted by Gasteiger charge is 2.45. The van der Waals surface area contributed by atoms with Gasteiger partial charge in [-0.2, -0.15) is 0 Å². The van der Waals surface area contributed by atoms with Gasteiger partial charge in [0.15, 0.2) is 0 Å². The summed E-state index contributed by atoms with van der Waals surface area (Å²) >= 11 is 0. The van der Waals surface area contributed by atoms with Crippen LogP contribution in [0.15, 0.2) is 237 Å². The van der Waals surface area contributed by atoms with E-state index in [1.807, 2.05) is 0 Å². The number of hydrogen-bond acceptors (Lipinski definition) is 1. The highest BCUT2D eigenvalue weighted by atomic mass is 15.1. The van der Waals surface area contributed by atoms with Gasteiger partial charge in [-0.1, -0.05) is 233 Å². The van der Waals surface area contributed by atoms with E-state index in [0.717, 1.165) is 11.4 Å². The Labute approximate surface area is 407 Å². The standard InChI is InChI=1S/C68H53N/c1-67(2)62-26-11-8-23-58(62)61-25-16-24-60(66(61)67)56-21-7-6-19-54(56)50-37-39-52(40-38-50)69(53-41-42-59-57-22-9-12-27-63(57)68(64(59)45-53)43-14-15-44-68)65-28-13-10-20-55(65)51-35-33-49(34-36-51)48-31-29-47(30-32-48)46-17-4-3-5-18-46/h3-13,16-42,45H,14-15,43-44H2,1-2H3. The Balaban J connectivity index is 0.915. The van der Waals surface area contributed by atoms with Gasteiger partial charge in [0, 0.05) is 27.8 Å². The first-order chi connectivity index (χ1) is 34.0. The van der Waals surface area contributed by atoms with Crippen molar-refractivity contribution in [2.75, 3.05) is 4.90 Å². The number of fused-ring (bicyclic) bond motifs is 8. The molecule has 0 radical (unpaired) electrons. The van der Waals surface area contributed by atoms with E-state index in [2.05, 4.69) is 255 Å². The van der Waals surface area contributed by atoms with E-state index in [9.17, 15) is 0 Å². The fraction of sp³-hybridized carbons (Fsp3) is 0.118. The topological polar surface area (TPSA) is 3.24 Å². The van der Waals surface area contributed by atoms with Gasteiger partial charge in [-0.25, -0.2) is 0 Å². The lowest BCUT2D eigenvalue weighted by atomic mass is 9.76. The van der Waals surface area contributed by atoms with Crippen LogP contribution in [-0.4, -0.2) is 0 Å². The Morgan fingerprint density at radius 2 is 0.739 bits per heavy atom. The molecule has 1 saturated carbocycles. The first kappa shape index (κ1) is 41.2. The fourth-order valence-corrected chi connectivity index (χ4v) is 12.6. The molecule has 69 heavy (non-hydrogen) atoms. The van der Waals surface area contributed by atoms with Crippen molar-refractivity contribution in [3.63, 3.8) is 0 Å². The van der Waals surface area contributed by atoms with Gasteiger partial charge in [0.2, 0.25) is 0 Å². The second-order valence-electron chi connectivity index (χ2n) is 19.9. The van der Waals surface area contributed by atoms with Gasteiger partial charge in [-0.15, -0.1) is 0 Å². The van der Waals surface area contributed by atoms with Crippen LogP contribution in [-0.2, 0) is 10.8 Å². The first-order valence-electron chi connectivity index (χ1n) is 24.8. The van der Waals surface area contributed by atoms with Crippen LogP contribution in [0.5, 0.6) is 0 Å². The van der Waals surface area contributed by atoms with Crippen molar-refractivity contribution < 1.29 is 0 Å². The number of nitrogens with zero attached hydrogens (tertiary/aromatic N) is 1. The minimum atomic E-state index is -0.115. The third-order valence-electron chi connectivity index (χ3n) is 15.9. The van der Waals surface area contributed by atoms with Crippen molar-refractivity contribution in [2.45, 2.75) is 50.4 Å². The molecule has 1 heteroatoms. The van der Waals surface area contributed by atoms with Crippen molar-refractivity contribution in [3.05, 3.63) is 259 Å². The zero-order valence-corrected chi connectivity index (χ0v) is 39.3. The second kappa shape index (κ2) is 16.4. The number of benzene rings is 10. The molecule has 10 aromatic carbocycles. The predicted octanol–water partition coefficient (Wildman–Crippen LogP) is 18.6. The van der Waals surface area contributed by atoms with E-state index in [0.29, 0.717) is 0 Å². The maximum Gasteiger partial charge on any atom is 0.0540 e. The summed E-state index contributed by atoms with van der Waals surface area (Å²) in [5, 5.41) is 0. The zero-order valence-electron chi connectivity index (χ0n) is 39.3. The average Bonchev–Trinajstić information content (AvgIpc) is 4.09. The zero-order chi connectivity index (χ0) is 46.1. The van der Waals surface area contributed by atoms with Gasteiger partial charge in [-0.3, -0.25) is 0 Å². The SMILES string of the molecule is CC1(C)c2ccccc2-c2cccc(-c3ccccc3-c3ccc(N(c4ccc5c(c4)C4(CCCC4)c4ccccc4-5)c4ccccc4-c4ccc(-c5ccc(-c6ccccc6)cc5)cc4)cc3)c21. The lowest BCUT2D eigenvalue weighted by Crippen LogP contribution is -2.21. The number of hydrogen-bond donors (Lipinski definition) is 0. The van der Waals surface area contributed by atoms with E-state index in [-0.39, 0.29) is 10.8 Å². The molecular weight excluding hydrogens is 831 g/mol. The molecule has 1 nitrogen and oxygen atoms in total. The Bertz CT molecular complexity index is 3550. The smallest absolute Gasteiger partial charge is 0.0540 e. The van der Waals surface area contributed by atoms with Crippen LogP contribution in [0.1, 0.15) is 61.8 Å². The lowest BCUT2D eigenvalue weighted by Gasteiger charge is -2.31. The summed E-state index contributed by atoms with van der Waals surface area (Å²) in [4.78, 5) is 2.51. The Morgan fingerprint density at radius 3 is 1.41 bits per heavy atom. The van der Waals surface area contributed by atoms with Crippen LogP contribution in [0.25, 0.3) is 77.9 Å². The van der Waals surface area contributed by atoms with Gasteiger partial charge < -0.3 is 4.90 Å². The van der Waals surface area contributed by atoms with Crippen LogP contribution >= 0.6 is 0 Å². The average molecular weight is 884 g/mol. The molecule has 10 aromatic rings. The van der Waals surface area contributed by atoms with Gasteiger partial charge in [-0.05, 0) is 138 Å². The molecule has 0 heterocycles. The summed E-state index contributed by atoms with van der Waals surface area (Å²) in [7, 11) is 0. The molecule has 0 atom stereocenters. The van der Waals surface area contributed by atoms with Gasteiger partial charge in [0.05, 0.1) is 5.69 Å². The molecule has 0 saturated heterocycles. The largest absolute Gasteiger partial charge is 0.310 e. The Hall–Kier alpha value is -8.00. The van der Waals surface area contributed by atoms with Crippen LogP contribution in [0.2, 0.25) is 0 Å². The molecule has 0 unspecified atom stereocenters. The molecule has 330 valence electrons. The molecule has 0 N–H and O–H groups in total. The van der Waals surface area contributed by atoms with Crippen molar-refractivity contribution in [2.24, 2.45) is 0 Å². The summed E-state index contributed by atoms with van der Waals surface area (Å²) < 4.78 is 0. The van der Waals surface area contributed by atoms with Crippen molar-refractivity contribution >= 4 is 17.1 Å². The fourth-order valence-electron chi connectivity index (χ4n) is 12.6. The van der Waals surface area contributed by atoms with Crippen LogP contribution in [0.4, 0.5) is 17.1 Å². The summed E-state index contributed by atoms with van der Waals surface area (Å²) in [6.45, 7) is 4.77. The van der Waals surface area contributed by atoms with Gasteiger partial charge in [0.25, 0.3) is 0 Å². The molecule has 3 aliphatic carbocycles. The van der Waals surface area contributed by atoms with Gasteiger partial charge in [0.1, 0.15) is 0 Å². The number of rotatable bonds is 8. The summed E-state index contributed by atoms with van der Waals surface area (Å²) in [5.74, 6) is 0. The normalized spacial score (nSPS) is 14.5. The van der Waals surface area contributed by atoms with Crippen molar-refractivity contribution in [1.29, 1.82) is 0 Å². The quantitative estimate of drug-likeness (QED) is 0.147. The molecule has 1 fully saturated rings. The van der Waals surface area contributed by atoms with E-state index in [1.54, 1.807) is 0 Å². The molecule has 3 aliphatic rings. The predicted molar refractivity (Wildman–Crippen MR) is 291 cm³/mol. The second-order valence-corrected chi connectivity index (χ2v) is 19.9. The summed E-state index contributed by atoms with van der Waals surface area (Å²) in [6.07, 6.45) is 4.91. The van der Waals surface area contributed by atoms with E-state index < -0.39 is 0 Å². The van der Waals surface area contributed by atoms with E-state index in [4.69, 9.17) is 0 Å². The third-order valence-corrected chi connectivity index (χ3v) is 15.9. The molecule has 13 rings (SSSR count). The minimum Gasteiger partial charge on any atom is -0.310 e. The van der Waals surface area contributed by atoms with E-state index >= 15 is 0 Å². The Morgan fingerprint density at radius 1 is 0.304 bits per heavy atom. The van der Waals surface area contributed by atoms with Gasteiger partial charge >= 0.3 is 0 Å². The van der Waals surface area contributed by atoms with Crippen molar-refractivity contribution in [3.8, 4) is 77.9 Å². The van der Waals surface area contributed by atoms with Crippen LogP contribution < -0.4 is 4.90 Å². The first-order valence-corrected chi connectivity index (χ1v) is 24.8. The summed E-state index contributed by atoms with van der Waals surface area (Å²) in [5.41, 5.74) is 27.0. The Kier molecular flexibility index (Phi) is 9.77. The molecule has 0 amide bonds. The monoisotopic (exact) mass is 883 g/mol. The molecule has 1 spiro atoms. The maximum absolute atomic E-state index is 2.54. The minimum absolute atomic E-state index is 0.0589. The lowest BCUT2D eigenvalue weighted by molar-refractivity contribution is 0.550. The third kappa shape index (κ3) is 6.67. The summed E-state index contributed by atoms with van der Waals surface area (Å²) in [6, 6.07) is 88.3. The van der Waals surface area contributed by atoms with E-state index in [1.165, 1.54) is 132 Å². The van der Waals surface area contributed by atoms with Crippen LogP contribution in [0, 0.1) is 0 Å².